The Morgan fingerprint density at radius 3 is 2.56 bits per heavy atom. The molecule has 2 rings (SSSR count). The maximum Gasteiger partial charge on any atom is 0.307 e. The van der Waals surface area contributed by atoms with E-state index in [1.165, 1.54) is 17.4 Å². The number of halogens is 2. The molecular formula is C12H9F2NO2S. The summed E-state index contributed by atoms with van der Waals surface area (Å²) in [7, 11) is 0. The zero-order valence-corrected chi connectivity index (χ0v) is 9.93. The van der Waals surface area contributed by atoms with Crippen LogP contribution in [-0.2, 0) is 11.2 Å². The zero-order valence-electron chi connectivity index (χ0n) is 9.11. The molecule has 0 aliphatic carbocycles. The van der Waals surface area contributed by atoms with Gasteiger partial charge < -0.3 is 10.4 Å². The van der Waals surface area contributed by atoms with Crippen LogP contribution in [0.4, 0.5) is 20.2 Å². The Bertz CT molecular complexity index is 563. The Balaban J connectivity index is 2.29. The first-order valence-electron chi connectivity index (χ1n) is 5.06. The minimum Gasteiger partial charge on any atom is -0.481 e. The lowest BCUT2D eigenvalue weighted by atomic mass is 10.2. The van der Waals surface area contributed by atoms with Crippen molar-refractivity contribution in [2.24, 2.45) is 0 Å². The number of carbonyl (C=O) groups is 1. The third-order valence-corrected chi connectivity index (χ3v) is 3.10. The second-order valence-corrected chi connectivity index (χ2v) is 4.35. The molecule has 1 heterocycles. The number of hydrogen-bond donors (Lipinski definition) is 2. The number of para-hydroxylation sites is 1. The third kappa shape index (κ3) is 2.65. The van der Waals surface area contributed by atoms with Gasteiger partial charge >= 0.3 is 5.97 Å². The monoisotopic (exact) mass is 269 g/mol. The van der Waals surface area contributed by atoms with Crippen LogP contribution in [0.25, 0.3) is 0 Å². The number of benzene rings is 1. The van der Waals surface area contributed by atoms with E-state index in [4.69, 9.17) is 5.11 Å². The third-order valence-electron chi connectivity index (χ3n) is 2.31. The van der Waals surface area contributed by atoms with Gasteiger partial charge in [-0.1, -0.05) is 6.07 Å². The van der Waals surface area contributed by atoms with E-state index in [0.717, 1.165) is 12.1 Å². The van der Waals surface area contributed by atoms with E-state index in [1.807, 2.05) is 0 Å². The SMILES string of the molecule is O=C(O)Cc1cscc1Nc1c(F)cccc1F. The second kappa shape index (κ2) is 5.14. The highest BCUT2D eigenvalue weighted by molar-refractivity contribution is 7.08. The van der Waals surface area contributed by atoms with Gasteiger partial charge in [0, 0.05) is 5.38 Å². The Labute approximate surface area is 106 Å². The summed E-state index contributed by atoms with van der Waals surface area (Å²) in [6.07, 6.45) is -0.193. The van der Waals surface area contributed by atoms with Crippen molar-refractivity contribution in [3.05, 3.63) is 46.2 Å². The number of carboxylic acid groups (broad SMARTS) is 1. The normalized spacial score (nSPS) is 10.3. The number of nitrogens with one attached hydrogen (secondary N) is 1. The number of aliphatic carboxylic acids is 1. The van der Waals surface area contributed by atoms with Gasteiger partial charge in [-0.2, -0.15) is 0 Å². The zero-order chi connectivity index (χ0) is 13.1. The molecule has 0 spiro atoms. The molecule has 2 aromatic rings. The molecule has 0 radical (unpaired) electrons. The molecule has 0 amide bonds. The van der Waals surface area contributed by atoms with Crippen LogP contribution < -0.4 is 5.32 Å². The predicted molar refractivity (Wildman–Crippen MR) is 65.3 cm³/mol. The van der Waals surface area contributed by atoms with Crippen molar-refractivity contribution < 1.29 is 18.7 Å². The highest BCUT2D eigenvalue weighted by Crippen LogP contribution is 2.28. The number of hydrogen-bond acceptors (Lipinski definition) is 3. The first-order chi connectivity index (χ1) is 8.58. The van der Waals surface area contributed by atoms with Crippen LogP contribution in [0.2, 0.25) is 0 Å². The van der Waals surface area contributed by atoms with E-state index in [-0.39, 0.29) is 12.1 Å². The van der Waals surface area contributed by atoms with Crippen LogP contribution in [0, 0.1) is 11.6 Å². The van der Waals surface area contributed by atoms with Crippen LogP contribution in [-0.4, -0.2) is 11.1 Å². The van der Waals surface area contributed by atoms with Crippen molar-refractivity contribution >= 4 is 28.7 Å². The van der Waals surface area contributed by atoms with Crippen molar-refractivity contribution in [1.29, 1.82) is 0 Å². The van der Waals surface area contributed by atoms with Gasteiger partial charge in [0.1, 0.15) is 17.3 Å². The van der Waals surface area contributed by atoms with Gasteiger partial charge in [-0.3, -0.25) is 4.79 Å². The molecule has 18 heavy (non-hydrogen) atoms. The molecule has 0 aliphatic rings. The van der Waals surface area contributed by atoms with Crippen LogP contribution in [0.1, 0.15) is 5.56 Å². The van der Waals surface area contributed by atoms with Crippen LogP contribution >= 0.6 is 11.3 Å². The van der Waals surface area contributed by atoms with Gasteiger partial charge in [-0.15, -0.1) is 11.3 Å². The average Bonchev–Trinajstić information content (AvgIpc) is 2.70. The van der Waals surface area contributed by atoms with E-state index in [0.29, 0.717) is 11.3 Å². The van der Waals surface area contributed by atoms with Crippen molar-refractivity contribution in [3.8, 4) is 0 Å². The highest BCUT2D eigenvalue weighted by Gasteiger charge is 2.13. The lowest BCUT2D eigenvalue weighted by Gasteiger charge is -2.08. The first kappa shape index (κ1) is 12.5. The lowest BCUT2D eigenvalue weighted by molar-refractivity contribution is -0.136. The Morgan fingerprint density at radius 2 is 1.94 bits per heavy atom. The maximum atomic E-state index is 13.4. The number of rotatable bonds is 4. The summed E-state index contributed by atoms with van der Waals surface area (Å²) < 4.78 is 26.8. The van der Waals surface area contributed by atoms with E-state index < -0.39 is 17.6 Å². The largest absolute Gasteiger partial charge is 0.481 e. The molecule has 0 saturated carbocycles. The lowest BCUT2D eigenvalue weighted by Crippen LogP contribution is -2.03. The summed E-state index contributed by atoms with van der Waals surface area (Å²) in [6, 6.07) is 3.53. The fourth-order valence-corrected chi connectivity index (χ4v) is 2.27. The average molecular weight is 269 g/mol. The molecule has 1 aromatic heterocycles. The minimum atomic E-state index is -0.995. The molecule has 0 saturated heterocycles. The summed E-state index contributed by atoms with van der Waals surface area (Å²) in [6.45, 7) is 0. The number of carboxylic acids is 1. The van der Waals surface area contributed by atoms with Gasteiger partial charge in [-0.05, 0) is 23.1 Å². The quantitative estimate of drug-likeness (QED) is 0.894. The van der Waals surface area contributed by atoms with E-state index in [1.54, 1.807) is 10.8 Å². The summed E-state index contributed by atoms with van der Waals surface area (Å²) in [5.74, 6) is -2.43. The van der Waals surface area contributed by atoms with Crippen LogP contribution in [0.15, 0.2) is 29.0 Å². The fourth-order valence-electron chi connectivity index (χ4n) is 1.48. The van der Waals surface area contributed by atoms with E-state index in [2.05, 4.69) is 5.32 Å². The van der Waals surface area contributed by atoms with Crippen molar-refractivity contribution in [2.45, 2.75) is 6.42 Å². The first-order valence-corrected chi connectivity index (χ1v) is 6.00. The van der Waals surface area contributed by atoms with Crippen molar-refractivity contribution in [1.82, 2.24) is 0 Å². The molecule has 0 aliphatic heterocycles. The molecule has 0 unspecified atom stereocenters. The Kier molecular flexibility index (Phi) is 3.57. The number of thiophene rings is 1. The van der Waals surface area contributed by atoms with Crippen molar-refractivity contribution in [3.63, 3.8) is 0 Å². The molecule has 2 N–H and O–H groups in total. The molecule has 1 aromatic carbocycles. The summed E-state index contributed by atoms with van der Waals surface area (Å²) >= 11 is 1.27. The summed E-state index contributed by atoms with van der Waals surface area (Å²) in [5.41, 5.74) is 0.629. The van der Waals surface area contributed by atoms with Gasteiger partial charge in [0.05, 0.1) is 12.1 Å². The van der Waals surface area contributed by atoms with Crippen molar-refractivity contribution in [2.75, 3.05) is 5.32 Å². The Morgan fingerprint density at radius 1 is 1.28 bits per heavy atom. The van der Waals surface area contributed by atoms with Gasteiger partial charge in [0.15, 0.2) is 0 Å². The van der Waals surface area contributed by atoms with E-state index >= 15 is 0 Å². The predicted octanol–water partition coefficient (Wildman–Crippen LogP) is 3.40. The van der Waals surface area contributed by atoms with Gasteiger partial charge in [-0.25, -0.2) is 8.78 Å². The van der Waals surface area contributed by atoms with Gasteiger partial charge in [0.2, 0.25) is 0 Å². The molecule has 0 atom stereocenters. The molecule has 0 bridgehead atoms. The van der Waals surface area contributed by atoms with Crippen LogP contribution in [0.5, 0.6) is 0 Å². The molecule has 94 valence electrons. The Hall–Kier alpha value is -1.95. The summed E-state index contributed by atoms with van der Waals surface area (Å²) in [4.78, 5) is 10.6. The van der Waals surface area contributed by atoms with Gasteiger partial charge in [0.25, 0.3) is 0 Å². The standard InChI is InChI=1S/C12H9F2NO2S/c13-8-2-1-3-9(14)12(8)15-10-6-18-5-7(10)4-11(16)17/h1-3,5-6,15H,4H2,(H,16,17). The highest BCUT2D eigenvalue weighted by atomic mass is 32.1. The van der Waals surface area contributed by atoms with E-state index in [9.17, 15) is 13.6 Å². The molecular weight excluding hydrogens is 260 g/mol. The smallest absolute Gasteiger partial charge is 0.307 e. The van der Waals surface area contributed by atoms with Crippen LogP contribution in [0.3, 0.4) is 0 Å². The number of anilines is 2. The fraction of sp³-hybridized carbons (Fsp3) is 0.0833. The maximum absolute atomic E-state index is 13.4. The molecule has 6 heteroatoms. The summed E-state index contributed by atoms with van der Waals surface area (Å²) in [5, 5.41) is 14.6. The topological polar surface area (TPSA) is 49.3 Å². The molecule has 0 fully saturated rings. The molecule has 3 nitrogen and oxygen atoms in total. The minimum absolute atomic E-state index is 0.193. The second-order valence-electron chi connectivity index (χ2n) is 3.60.